The maximum Gasteiger partial charge on any atom is 0.251 e. The molecule has 128 valence electrons. The first kappa shape index (κ1) is 16.7. The number of benzene rings is 2. The van der Waals surface area contributed by atoms with Crippen molar-refractivity contribution in [3.05, 3.63) is 59.4 Å². The molecule has 0 aliphatic carbocycles. The zero-order valence-corrected chi connectivity index (χ0v) is 14.5. The maximum absolute atomic E-state index is 12.3. The lowest BCUT2D eigenvalue weighted by Crippen LogP contribution is -2.22. The molecule has 0 aliphatic heterocycles. The molecule has 0 unspecified atom stereocenters. The van der Waals surface area contributed by atoms with Gasteiger partial charge in [0.2, 0.25) is 5.91 Å². The van der Waals surface area contributed by atoms with Crippen molar-refractivity contribution in [1.29, 1.82) is 0 Å². The molecule has 3 aromatic rings. The molecule has 0 atom stereocenters. The third kappa shape index (κ3) is 3.68. The van der Waals surface area contributed by atoms with E-state index in [1.165, 1.54) is 6.92 Å². The number of nitrogens with one attached hydrogen (secondary N) is 2. The molecule has 0 spiro atoms. The molecular formula is C19H20N4O2. The average molecular weight is 336 g/mol. The number of fused-ring (bicyclic) bond motifs is 1. The van der Waals surface area contributed by atoms with Crippen LogP contribution >= 0.6 is 0 Å². The summed E-state index contributed by atoms with van der Waals surface area (Å²) in [5.74, 6) is 0.652. The number of carbonyl (C=O) groups is 2. The van der Waals surface area contributed by atoms with E-state index in [-0.39, 0.29) is 11.8 Å². The van der Waals surface area contributed by atoms with Crippen molar-refractivity contribution in [3.63, 3.8) is 0 Å². The van der Waals surface area contributed by atoms with Gasteiger partial charge in [-0.1, -0.05) is 6.07 Å². The molecule has 0 aliphatic rings. The Labute approximate surface area is 145 Å². The third-order valence-electron chi connectivity index (χ3n) is 4.09. The number of rotatable bonds is 4. The van der Waals surface area contributed by atoms with Gasteiger partial charge in [-0.05, 0) is 48.9 Å². The fourth-order valence-corrected chi connectivity index (χ4v) is 2.67. The van der Waals surface area contributed by atoms with Gasteiger partial charge in [-0.25, -0.2) is 4.98 Å². The molecule has 2 aromatic carbocycles. The van der Waals surface area contributed by atoms with Crippen molar-refractivity contribution in [2.45, 2.75) is 20.4 Å². The van der Waals surface area contributed by atoms with Crippen LogP contribution in [0.5, 0.6) is 0 Å². The van der Waals surface area contributed by atoms with Gasteiger partial charge in [0.15, 0.2) is 0 Å². The highest BCUT2D eigenvalue weighted by Gasteiger charge is 2.08. The Morgan fingerprint density at radius 1 is 1.12 bits per heavy atom. The second-order valence-corrected chi connectivity index (χ2v) is 5.98. The average Bonchev–Trinajstić information content (AvgIpc) is 2.87. The SMILES string of the molecule is CC(=O)Nc1ccc(C(=O)NCc2ccc3c(c2)nc(C)n3C)cc1. The van der Waals surface area contributed by atoms with Crippen LogP contribution in [0.25, 0.3) is 11.0 Å². The van der Waals surface area contributed by atoms with E-state index >= 15 is 0 Å². The lowest BCUT2D eigenvalue weighted by molar-refractivity contribution is -0.114. The molecule has 1 aromatic heterocycles. The third-order valence-corrected chi connectivity index (χ3v) is 4.09. The van der Waals surface area contributed by atoms with E-state index in [9.17, 15) is 9.59 Å². The summed E-state index contributed by atoms with van der Waals surface area (Å²) in [4.78, 5) is 27.8. The van der Waals surface area contributed by atoms with E-state index in [0.29, 0.717) is 17.8 Å². The van der Waals surface area contributed by atoms with Crippen molar-refractivity contribution in [2.24, 2.45) is 7.05 Å². The predicted octanol–water partition coefficient (Wildman–Crippen LogP) is 2.77. The van der Waals surface area contributed by atoms with Gasteiger partial charge in [-0.3, -0.25) is 9.59 Å². The van der Waals surface area contributed by atoms with Crippen LogP contribution in [0, 0.1) is 6.92 Å². The molecular weight excluding hydrogens is 316 g/mol. The van der Waals surface area contributed by atoms with Crippen LogP contribution in [0.4, 0.5) is 5.69 Å². The van der Waals surface area contributed by atoms with E-state index in [2.05, 4.69) is 15.6 Å². The molecule has 2 amide bonds. The summed E-state index contributed by atoms with van der Waals surface area (Å²) in [6, 6.07) is 12.8. The standard InChI is InChI=1S/C19H20N4O2/c1-12-21-17-10-14(4-9-18(17)23(12)3)11-20-19(25)15-5-7-16(8-6-15)22-13(2)24/h4-10H,11H2,1-3H3,(H,20,25)(H,22,24). The minimum Gasteiger partial charge on any atom is -0.348 e. The van der Waals surface area contributed by atoms with E-state index < -0.39 is 0 Å². The lowest BCUT2D eigenvalue weighted by atomic mass is 10.1. The van der Waals surface area contributed by atoms with Crippen LogP contribution in [-0.4, -0.2) is 21.4 Å². The van der Waals surface area contributed by atoms with Crippen LogP contribution in [-0.2, 0) is 18.4 Å². The minimum absolute atomic E-state index is 0.141. The number of amides is 2. The number of anilines is 1. The summed E-state index contributed by atoms with van der Waals surface area (Å²) in [5, 5.41) is 5.57. The first-order valence-corrected chi connectivity index (χ1v) is 8.02. The Hall–Kier alpha value is -3.15. The first-order valence-electron chi connectivity index (χ1n) is 8.02. The Morgan fingerprint density at radius 3 is 2.52 bits per heavy atom. The molecule has 0 saturated heterocycles. The summed E-state index contributed by atoms with van der Waals surface area (Å²) < 4.78 is 2.04. The highest BCUT2D eigenvalue weighted by atomic mass is 16.2. The number of hydrogen-bond acceptors (Lipinski definition) is 3. The summed E-state index contributed by atoms with van der Waals surface area (Å²) in [7, 11) is 1.98. The molecule has 0 saturated carbocycles. The Balaban J connectivity index is 1.66. The highest BCUT2D eigenvalue weighted by Crippen LogP contribution is 2.16. The molecule has 25 heavy (non-hydrogen) atoms. The second kappa shape index (κ2) is 6.76. The van der Waals surface area contributed by atoms with E-state index in [0.717, 1.165) is 22.4 Å². The van der Waals surface area contributed by atoms with Crippen molar-refractivity contribution in [2.75, 3.05) is 5.32 Å². The summed E-state index contributed by atoms with van der Waals surface area (Å²) in [5.41, 5.74) is 4.20. The van der Waals surface area contributed by atoms with Crippen molar-refractivity contribution < 1.29 is 9.59 Å². The zero-order chi connectivity index (χ0) is 18.0. The number of carbonyl (C=O) groups excluding carboxylic acids is 2. The number of nitrogens with zero attached hydrogens (tertiary/aromatic N) is 2. The van der Waals surface area contributed by atoms with Gasteiger partial charge >= 0.3 is 0 Å². The van der Waals surface area contributed by atoms with Gasteiger partial charge < -0.3 is 15.2 Å². The molecule has 0 radical (unpaired) electrons. The summed E-state index contributed by atoms with van der Waals surface area (Å²) in [6.45, 7) is 3.84. The fourth-order valence-electron chi connectivity index (χ4n) is 2.67. The number of imidazole rings is 1. The van der Waals surface area contributed by atoms with Gasteiger partial charge in [0.05, 0.1) is 11.0 Å². The largest absolute Gasteiger partial charge is 0.348 e. The summed E-state index contributed by atoms with van der Waals surface area (Å²) in [6.07, 6.45) is 0. The molecule has 0 fully saturated rings. The van der Waals surface area contributed by atoms with E-state index in [1.807, 2.05) is 36.7 Å². The van der Waals surface area contributed by atoms with Crippen LogP contribution in [0.15, 0.2) is 42.5 Å². The smallest absolute Gasteiger partial charge is 0.251 e. The topological polar surface area (TPSA) is 76.0 Å². The first-order chi connectivity index (χ1) is 11.9. The quantitative estimate of drug-likeness (QED) is 0.769. The van der Waals surface area contributed by atoms with Gasteiger partial charge in [-0.2, -0.15) is 0 Å². The normalized spacial score (nSPS) is 10.7. The van der Waals surface area contributed by atoms with Crippen LogP contribution in [0.1, 0.15) is 28.7 Å². The molecule has 1 heterocycles. The molecule has 0 bridgehead atoms. The predicted molar refractivity (Wildman–Crippen MR) is 97.4 cm³/mol. The second-order valence-electron chi connectivity index (χ2n) is 5.98. The Morgan fingerprint density at radius 2 is 1.84 bits per heavy atom. The lowest BCUT2D eigenvalue weighted by Gasteiger charge is -2.07. The number of aromatic nitrogens is 2. The van der Waals surface area contributed by atoms with Crippen molar-refractivity contribution in [1.82, 2.24) is 14.9 Å². The zero-order valence-electron chi connectivity index (χ0n) is 14.5. The van der Waals surface area contributed by atoms with Gasteiger partial charge in [0, 0.05) is 31.8 Å². The van der Waals surface area contributed by atoms with Crippen LogP contribution in [0.3, 0.4) is 0 Å². The summed E-state index contributed by atoms with van der Waals surface area (Å²) >= 11 is 0. The van der Waals surface area contributed by atoms with E-state index in [4.69, 9.17) is 0 Å². The van der Waals surface area contributed by atoms with Crippen molar-refractivity contribution in [3.8, 4) is 0 Å². The van der Waals surface area contributed by atoms with Crippen LogP contribution in [0.2, 0.25) is 0 Å². The monoisotopic (exact) mass is 336 g/mol. The van der Waals surface area contributed by atoms with E-state index in [1.54, 1.807) is 24.3 Å². The van der Waals surface area contributed by atoms with Crippen molar-refractivity contribution >= 4 is 28.5 Å². The molecule has 2 N–H and O–H groups in total. The molecule has 3 rings (SSSR count). The Kier molecular flexibility index (Phi) is 4.52. The highest BCUT2D eigenvalue weighted by molar-refractivity contribution is 5.95. The number of aryl methyl sites for hydroxylation is 2. The Bertz CT molecular complexity index is 942. The molecule has 6 heteroatoms. The number of hydrogen-bond donors (Lipinski definition) is 2. The van der Waals surface area contributed by atoms with Crippen LogP contribution < -0.4 is 10.6 Å². The van der Waals surface area contributed by atoms with Gasteiger partial charge in [0.25, 0.3) is 5.91 Å². The van der Waals surface area contributed by atoms with Gasteiger partial charge in [-0.15, -0.1) is 0 Å². The molecule has 6 nitrogen and oxygen atoms in total. The minimum atomic E-state index is -0.160. The fraction of sp³-hybridized carbons (Fsp3) is 0.211. The van der Waals surface area contributed by atoms with Gasteiger partial charge in [0.1, 0.15) is 5.82 Å². The maximum atomic E-state index is 12.3.